The molecule has 1 atom stereocenters. The van der Waals surface area contributed by atoms with E-state index in [1.807, 2.05) is 19.3 Å². The Bertz CT molecular complexity index is 324. The highest BCUT2D eigenvalue weighted by Gasteiger charge is 2.20. The van der Waals surface area contributed by atoms with Gasteiger partial charge in [-0.1, -0.05) is 6.07 Å². The molecule has 1 aliphatic rings. The van der Waals surface area contributed by atoms with Gasteiger partial charge in [-0.05, 0) is 32.4 Å². The molecule has 3 heteroatoms. The maximum Gasteiger partial charge on any atom is 0.130 e. The summed E-state index contributed by atoms with van der Waals surface area (Å²) in [5.41, 5.74) is 1.30. The summed E-state index contributed by atoms with van der Waals surface area (Å²) in [6, 6.07) is 4.88. The van der Waals surface area contributed by atoms with Gasteiger partial charge in [-0.2, -0.15) is 0 Å². The number of aromatic nitrogens is 1. The summed E-state index contributed by atoms with van der Waals surface area (Å²) in [7, 11) is 1.93. The average molecular weight is 205 g/mol. The molecule has 0 saturated carbocycles. The summed E-state index contributed by atoms with van der Waals surface area (Å²) >= 11 is 0. The first-order chi connectivity index (χ1) is 7.31. The van der Waals surface area contributed by atoms with Gasteiger partial charge in [0, 0.05) is 31.4 Å². The van der Waals surface area contributed by atoms with E-state index in [4.69, 9.17) is 0 Å². The monoisotopic (exact) mass is 205 g/mol. The molecule has 0 bridgehead atoms. The maximum absolute atomic E-state index is 4.33. The minimum atomic E-state index is 0.718. The van der Waals surface area contributed by atoms with Crippen LogP contribution in [0.1, 0.15) is 25.3 Å². The van der Waals surface area contributed by atoms with Crippen molar-refractivity contribution in [2.45, 2.75) is 32.4 Å². The molecule has 0 aromatic carbocycles. The van der Waals surface area contributed by atoms with Gasteiger partial charge < -0.3 is 5.32 Å². The van der Waals surface area contributed by atoms with Crippen LogP contribution in [0.3, 0.4) is 0 Å². The van der Waals surface area contributed by atoms with Gasteiger partial charge >= 0.3 is 0 Å². The number of hydrogen-bond donors (Lipinski definition) is 1. The third kappa shape index (κ3) is 2.29. The molecule has 1 N–H and O–H groups in total. The van der Waals surface area contributed by atoms with Gasteiger partial charge in [0.15, 0.2) is 0 Å². The maximum atomic E-state index is 4.33. The lowest BCUT2D eigenvalue weighted by atomic mass is 10.2. The van der Waals surface area contributed by atoms with Gasteiger partial charge in [0.05, 0.1) is 0 Å². The fourth-order valence-electron chi connectivity index (χ4n) is 2.24. The number of likely N-dealkylation sites (tertiary alicyclic amines) is 1. The van der Waals surface area contributed by atoms with E-state index in [1.165, 1.54) is 24.9 Å². The second-order valence-electron chi connectivity index (χ2n) is 4.22. The number of nitrogens with one attached hydrogen (secondary N) is 1. The topological polar surface area (TPSA) is 28.2 Å². The molecule has 0 radical (unpaired) electrons. The van der Waals surface area contributed by atoms with Crippen LogP contribution < -0.4 is 5.32 Å². The summed E-state index contributed by atoms with van der Waals surface area (Å²) in [5.74, 6) is 1.01. The molecule has 2 heterocycles. The van der Waals surface area contributed by atoms with Gasteiger partial charge in [0.1, 0.15) is 5.82 Å². The van der Waals surface area contributed by atoms with Crippen molar-refractivity contribution in [3.63, 3.8) is 0 Å². The van der Waals surface area contributed by atoms with Gasteiger partial charge in [0.25, 0.3) is 0 Å². The number of nitrogens with zero attached hydrogens (tertiary/aromatic N) is 2. The van der Waals surface area contributed by atoms with Crippen molar-refractivity contribution in [3.8, 4) is 0 Å². The lowest BCUT2D eigenvalue weighted by Gasteiger charge is -2.21. The zero-order valence-electron chi connectivity index (χ0n) is 9.53. The minimum absolute atomic E-state index is 0.718. The molecule has 1 aromatic heterocycles. The molecule has 1 aliphatic heterocycles. The largest absolute Gasteiger partial charge is 0.373 e. The molecule has 0 amide bonds. The molecule has 3 nitrogen and oxygen atoms in total. The lowest BCUT2D eigenvalue weighted by Crippen LogP contribution is -2.26. The first kappa shape index (κ1) is 10.4. The number of pyridine rings is 1. The average Bonchev–Trinajstić information content (AvgIpc) is 2.65. The smallest absolute Gasteiger partial charge is 0.130 e. The molecule has 1 unspecified atom stereocenters. The van der Waals surface area contributed by atoms with Gasteiger partial charge in [-0.3, -0.25) is 4.90 Å². The summed E-state index contributed by atoms with van der Waals surface area (Å²) in [5, 5.41) is 3.15. The van der Waals surface area contributed by atoms with E-state index in [2.05, 4.69) is 28.2 Å². The standard InChI is InChI=1S/C12H19N3/c1-10-5-4-8-15(10)9-11-6-3-7-14-12(11)13-2/h3,6-7,10H,4-5,8-9H2,1-2H3,(H,13,14). The molecule has 82 valence electrons. The van der Waals surface area contributed by atoms with E-state index in [0.29, 0.717) is 0 Å². The molecule has 15 heavy (non-hydrogen) atoms. The third-order valence-corrected chi connectivity index (χ3v) is 3.19. The van der Waals surface area contributed by atoms with Crippen molar-refractivity contribution in [1.82, 2.24) is 9.88 Å². The van der Waals surface area contributed by atoms with Crippen LogP contribution in [0.4, 0.5) is 5.82 Å². The second-order valence-corrected chi connectivity index (χ2v) is 4.22. The Kier molecular flexibility index (Phi) is 3.21. The van der Waals surface area contributed by atoms with E-state index in [0.717, 1.165) is 18.4 Å². The van der Waals surface area contributed by atoms with Crippen molar-refractivity contribution in [3.05, 3.63) is 23.9 Å². The van der Waals surface area contributed by atoms with E-state index >= 15 is 0 Å². The number of anilines is 1. The quantitative estimate of drug-likeness (QED) is 0.819. The first-order valence-corrected chi connectivity index (χ1v) is 5.67. The van der Waals surface area contributed by atoms with E-state index in [1.54, 1.807) is 0 Å². The first-order valence-electron chi connectivity index (χ1n) is 5.67. The van der Waals surface area contributed by atoms with Crippen molar-refractivity contribution in [2.24, 2.45) is 0 Å². The summed E-state index contributed by atoms with van der Waals surface area (Å²) < 4.78 is 0. The minimum Gasteiger partial charge on any atom is -0.373 e. The molecule has 1 fully saturated rings. The zero-order chi connectivity index (χ0) is 10.7. The van der Waals surface area contributed by atoms with Crippen molar-refractivity contribution in [2.75, 3.05) is 18.9 Å². The third-order valence-electron chi connectivity index (χ3n) is 3.19. The molecular weight excluding hydrogens is 186 g/mol. The highest BCUT2D eigenvalue weighted by molar-refractivity contribution is 5.42. The highest BCUT2D eigenvalue weighted by atomic mass is 15.2. The van der Waals surface area contributed by atoms with Crippen molar-refractivity contribution >= 4 is 5.82 Å². The van der Waals surface area contributed by atoms with Crippen LogP contribution in [0, 0.1) is 0 Å². The Morgan fingerprint density at radius 1 is 1.60 bits per heavy atom. The summed E-state index contributed by atoms with van der Waals surface area (Å²) in [6.07, 6.45) is 4.49. The predicted octanol–water partition coefficient (Wildman–Crippen LogP) is 2.11. The lowest BCUT2D eigenvalue weighted by molar-refractivity contribution is 0.260. The van der Waals surface area contributed by atoms with Crippen LogP contribution in [0.25, 0.3) is 0 Å². The van der Waals surface area contributed by atoms with Crippen LogP contribution >= 0.6 is 0 Å². The van der Waals surface area contributed by atoms with Crippen LogP contribution in [0.15, 0.2) is 18.3 Å². The Morgan fingerprint density at radius 2 is 2.47 bits per heavy atom. The molecule has 1 saturated heterocycles. The van der Waals surface area contributed by atoms with Gasteiger partial charge in [0.2, 0.25) is 0 Å². The fraction of sp³-hybridized carbons (Fsp3) is 0.583. The van der Waals surface area contributed by atoms with Crippen molar-refractivity contribution in [1.29, 1.82) is 0 Å². The summed E-state index contributed by atoms with van der Waals surface area (Å²) in [4.78, 5) is 6.85. The second kappa shape index (κ2) is 4.62. The molecular formula is C12H19N3. The Balaban J connectivity index is 2.09. The van der Waals surface area contributed by atoms with Crippen LogP contribution in [0.5, 0.6) is 0 Å². The Labute approximate surface area is 91.5 Å². The zero-order valence-corrected chi connectivity index (χ0v) is 9.53. The SMILES string of the molecule is CNc1ncccc1CN1CCCC1C. The van der Waals surface area contributed by atoms with Crippen molar-refractivity contribution < 1.29 is 0 Å². The van der Waals surface area contributed by atoms with Crippen LogP contribution in [0.2, 0.25) is 0 Å². The fourth-order valence-corrected chi connectivity index (χ4v) is 2.24. The Hall–Kier alpha value is -1.09. The number of rotatable bonds is 3. The predicted molar refractivity (Wildman–Crippen MR) is 62.9 cm³/mol. The number of hydrogen-bond acceptors (Lipinski definition) is 3. The highest BCUT2D eigenvalue weighted by Crippen LogP contribution is 2.21. The summed E-state index contributed by atoms with van der Waals surface area (Å²) in [6.45, 7) is 4.55. The van der Waals surface area contributed by atoms with E-state index in [9.17, 15) is 0 Å². The van der Waals surface area contributed by atoms with Crippen LogP contribution in [-0.4, -0.2) is 29.5 Å². The molecule has 0 aliphatic carbocycles. The molecule has 2 rings (SSSR count). The normalized spacial score (nSPS) is 21.9. The van der Waals surface area contributed by atoms with Gasteiger partial charge in [-0.25, -0.2) is 4.98 Å². The Morgan fingerprint density at radius 3 is 3.13 bits per heavy atom. The van der Waals surface area contributed by atoms with Crippen LogP contribution in [-0.2, 0) is 6.54 Å². The molecule has 1 aromatic rings. The molecule has 0 spiro atoms. The van der Waals surface area contributed by atoms with Gasteiger partial charge in [-0.15, -0.1) is 0 Å². The van der Waals surface area contributed by atoms with E-state index < -0.39 is 0 Å². The van der Waals surface area contributed by atoms with E-state index in [-0.39, 0.29) is 0 Å².